The lowest BCUT2D eigenvalue weighted by Gasteiger charge is -2.51. The van der Waals surface area contributed by atoms with Crippen LogP contribution in [0.15, 0.2) is 29.6 Å². The van der Waals surface area contributed by atoms with E-state index in [4.69, 9.17) is 21.3 Å². The molecule has 4 heterocycles. The van der Waals surface area contributed by atoms with Gasteiger partial charge in [-0.25, -0.2) is 9.97 Å². The van der Waals surface area contributed by atoms with Crippen LogP contribution in [0.4, 0.5) is 0 Å². The van der Waals surface area contributed by atoms with E-state index in [1.807, 2.05) is 6.92 Å². The van der Waals surface area contributed by atoms with Crippen LogP contribution in [0.3, 0.4) is 0 Å². The van der Waals surface area contributed by atoms with Crippen molar-refractivity contribution in [1.29, 1.82) is 0 Å². The van der Waals surface area contributed by atoms with Crippen LogP contribution in [0.1, 0.15) is 40.9 Å². The Morgan fingerprint density at radius 1 is 1.17 bits per heavy atom. The Morgan fingerprint density at radius 2 is 2.00 bits per heavy atom. The summed E-state index contributed by atoms with van der Waals surface area (Å²) in [6, 6.07) is 8.89. The zero-order chi connectivity index (χ0) is 20.3. The fraction of sp³-hybridized carbons (Fsp3) is 0.478. The van der Waals surface area contributed by atoms with Crippen molar-refractivity contribution >= 4 is 33.2 Å². The van der Waals surface area contributed by atoms with Gasteiger partial charge in [0.05, 0.1) is 24.4 Å². The Labute approximate surface area is 185 Å². The molecule has 2 atom stereocenters. The zero-order valence-electron chi connectivity index (χ0n) is 17.0. The molecule has 0 amide bonds. The van der Waals surface area contributed by atoms with E-state index < -0.39 is 0 Å². The largest absolute Gasteiger partial charge is 0.377 e. The van der Waals surface area contributed by atoms with Crippen molar-refractivity contribution in [3.63, 3.8) is 0 Å². The smallest absolute Gasteiger partial charge is 0.127 e. The van der Waals surface area contributed by atoms with Crippen LogP contribution >= 0.6 is 22.9 Å². The summed E-state index contributed by atoms with van der Waals surface area (Å²) in [6.07, 6.45) is 1.10. The van der Waals surface area contributed by atoms with Gasteiger partial charge in [0, 0.05) is 42.5 Å². The Morgan fingerprint density at radius 3 is 2.73 bits per heavy atom. The molecule has 3 fully saturated rings. The van der Waals surface area contributed by atoms with E-state index >= 15 is 0 Å². The van der Waals surface area contributed by atoms with Gasteiger partial charge in [-0.3, -0.25) is 4.90 Å². The van der Waals surface area contributed by atoms with E-state index in [2.05, 4.69) is 44.8 Å². The monoisotopic (exact) mass is 440 g/mol. The minimum atomic E-state index is -0.0141. The number of halogens is 1. The molecule has 2 aliphatic heterocycles. The van der Waals surface area contributed by atoms with Gasteiger partial charge in [0.2, 0.25) is 0 Å². The number of thiophene rings is 1. The van der Waals surface area contributed by atoms with Crippen molar-refractivity contribution in [2.24, 2.45) is 0 Å². The maximum absolute atomic E-state index is 6.87. The maximum Gasteiger partial charge on any atom is 0.127 e. The average Bonchev–Trinajstić information content (AvgIpc) is 3.36. The van der Waals surface area contributed by atoms with Gasteiger partial charge in [-0.05, 0) is 47.9 Å². The van der Waals surface area contributed by atoms with Gasteiger partial charge in [0.25, 0.3) is 0 Å². The van der Waals surface area contributed by atoms with E-state index in [0.717, 1.165) is 61.5 Å². The van der Waals surface area contributed by atoms with Gasteiger partial charge in [-0.2, -0.15) is 0 Å². The quantitative estimate of drug-likeness (QED) is 0.663. The third kappa shape index (κ3) is 3.00. The summed E-state index contributed by atoms with van der Waals surface area (Å²) >= 11 is 8.56. The van der Waals surface area contributed by atoms with Gasteiger partial charge >= 0.3 is 0 Å². The number of rotatable bonds is 4. The summed E-state index contributed by atoms with van der Waals surface area (Å²) in [7, 11) is 0. The molecule has 3 aromatic rings. The lowest BCUT2D eigenvalue weighted by molar-refractivity contribution is -0.149. The number of nitrogens with zero attached hydrogens (tertiary/aromatic N) is 3. The number of benzene rings is 1. The minimum Gasteiger partial charge on any atom is -0.377 e. The lowest BCUT2D eigenvalue weighted by Crippen LogP contribution is -2.63. The highest BCUT2D eigenvalue weighted by atomic mass is 35.5. The van der Waals surface area contributed by atoms with Crippen molar-refractivity contribution < 1.29 is 4.74 Å². The predicted octanol–water partition coefficient (Wildman–Crippen LogP) is 4.05. The van der Waals surface area contributed by atoms with Crippen molar-refractivity contribution in [2.75, 3.05) is 39.4 Å². The molecule has 6 rings (SSSR count). The number of aryl methyl sites for hydroxylation is 1. The summed E-state index contributed by atoms with van der Waals surface area (Å²) in [6.45, 7) is 7.67. The minimum absolute atomic E-state index is 0.0141. The van der Waals surface area contributed by atoms with E-state index in [9.17, 15) is 0 Å². The van der Waals surface area contributed by atoms with E-state index in [-0.39, 0.29) is 5.54 Å². The second-order valence-corrected chi connectivity index (χ2v) is 10.0. The number of aromatic nitrogens is 2. The molecule has 2 aromatic heterocycles. The fourth-order valence-electron chi connectivity index (χ4n) is 5.15. The molecule has 7 heteroatoms. The van der Waals surface area contributed by atoms with Crippen LogP contribution in [0.25, 0.3) is 10.2 Å². The normalized spacial score (nSPS) is 25.9. The number of hydrogen-bond donors (Lipinski definition) is 1. The third-order valence-electron chi connectivity index (χ3n) is 6.95. The molecule has 1 N–H and O–H groups in total. The lowest BCUT2D eigenvalue weighted by atomic mass is 9.84. The maximum atomic E-state index is 6.87. The highest BCUT2D eigenvalue weighted by Gasteiger charge is 2.47. The van der Waals surface area contributed by atoms with Crippen LogP contribution in [0.2, 0.25) is 5.02 Å². The Bertz CT molecular complexity index is 1110. The highest BCUT2D eigenvalue weighted by molar-refractivity contribution is 7.16. The molecule has 3 aliphatic rings. The molecule has 1 aliphatic carbocycles. The number of nitrogens with one attached hydrogen (secondary N) is 1. The Balaban J connectivity index is 1.29. The summed E-state index contributed by atoms with van der Waals surface area (Å²) in [5.41, 5.74) is 3.72. The molecule has 0 radical (unpaired) electrons. The number of hydrogen-bond acceptors (Lipinski definition) is 6. The number of fused-ring (bicyclic) bond motifs is 1. The number of ether oxygens (including phenoxy) is 1. The first kappa shape index (κ1) is 19.1. The first-order chi connectivity index (χ1) is 14.7. The zero-order valence-corrected chi connectivity index (χ0v) is 18.6. The predicted molar refractivity (Wildman–Crippen MR) is 121 cm³/mol. The standard InChI is InChI=1S/C23H25ClN4OS/c1-14-26-21(17-4-9-30-22(17)27-14)19-11-18(19)16-3-2-15(10-20(16)24)23(12-29-13-23)28-7-5-25-6-8-28/h2-4,9-10,18-19,25H,5-8,11-13H2,1H3. The number of piperazine rings is 1. The third-order valence-corrected chi connectivity index (χ3v) is 8.08. The second-order valence-electron chi connectivity index (χ2n) is 8.74. The van der Waals surface area contributed by atoms with Crippen LogP contribution < -0.4 is 5.32 Å². The topological polar surface area (TPSA) is 50.3 Å². The van der Waals surface area contributed by atoms with Crippen molar-refractivity contribution in [1.82, 2.24) is 20.2 Å². The first-order valence-electron chi connectivity index (χ1n) is 10.7. The highest BCUT2D eigenvalue weighted by Crippen LogP contribution is 2.57. The van der Waals surface area contributed by atoms with Crippen LogP contribution in [0, 0.1) is 6.92 Å². The van der Waals surface area contributed by atoms with Gasteiger partial charge in [-0.1, -0.05) is 23.7 Å². The van der Waals surface area contributed by atoms with Crippen molar-refractivity contribution in [3.05, 3.63) is 57.3 Å². The van der Waals surface area contributed by atoms with Crippen LogP contribution in [-0.4, -0.2) is 54.3 Å². The second kappa shape index (κ2) is 7.24. The van der Waals surface area contributed by atoms with Crippen molar-refractivity contribution in [2.45, 2.75) is 30.7 Å². The summed E-state index contributed by atoms with van der Waals surface area (Å²) in [5.74, 6) is 1.73. The molecule has 2 unspecified atom stereocenters. The molecule has 5 nitrogen and oxygen atoms in total. The molecule has 2 saturated heterocycles. The molecule has 1 aromatic carbocycles. The van der Waals surface area contributed by atoms with E-state index in [1.54, 1.807) is 11.3 Å². The molecule has 30 heavy (non-hydrogen) atoms. The first-order valence-corrected chi connectivity index (χ1v) is 12.0. The van der Waals surface area contributed by atoms with Gasteiger partial charge < -0.3 is 10.1 Å². The van der Waals surface area contributed by atoms with Gasteiger partial charge in [0.15, 0.2) is 0 Å². The van der Waals surface area contributed by atoms with E-state index in [1.165, 1.54) is 22.2 Å². The molecule has 0 bridgehead atoms. The van der Waals surface area contributed by atoms with Crippen LogP contribution in [-0.2, 0) is 10.3 Å². The van der Waals surface area contributed by atoms with Crippen LogP contribution in [0.5, 0.6) is 0 Å². The fourth-order valence-corrected chi connectivity index (χ4v) is 6.29. The molecule has 156 valence electrons. The molecule has 0 spiro atoms. The Hall–Kier alpha value is -1.57. The molecule has 1 saturated carbocycles. The summed E-state index contributed by atoms with van der Waals surface area (Å²) in [5, 5.41) is 7.64. The van der Waals surface area contributed by atoms with Gasteiger partial charge in [-0.15, -0.1) is 11.3 Å². The van der Waals surface area contributed by atoms with E-state index in [0.29, 0.717) is 11.8 Å². The SMILES string of the molecule is Cc1nc(C2CC2c2ccc(C3(N4CCNCC4)COC3)cc2Cl)c2ccsc2n1. The summed E-state index contributed by atoms with van der Waals surface area (Å²) < 4.78 is 5.68. The Kier molecular flexibility index (Phi) is 4.62. The summed E-state index contributed by atoms with van der Waals surface area (Å²) in [4.78, 5) is 13.0. The molecular weight excluding hydrogens is 416 g/mol. The molecular formula is C23H25ClN4OS. The average molecular weight is 441 g/mol. The van der Waals surface area contributed by atoms with Crippen molar-refractivity contribution in [3.8, 4) is 0 Å². The van der Waals surface area contributed by atoms with Gasteiger partial charge in [0.1, 0.15) is 10.7 Å².